The molecular weight excluding hydrogens is 371 g/mol. The van der Waals surface area contributed by atoms with Crippen LogP contribution in [0.1, 0.15) is 25.1 Å². The van der Waals surface area contributed by atoms with E-state index in [2.05, 4.69) is 5.10 Å². The van der Waals surface area contributed by atoms with Gasteiger partial charge in [-0.3, -0.25) is 4.79 Å². The normalized spacial score (nSPS) is 18.6. The Morgan fingerprint density at radius 3 is 2.41 bits per heavy atom. The zero-order valence-corrected chi connectivity index (χ0v) is 14.8. The van der Waals surface area contributed by atoms with E-state index in [0.717, 1.165) is 13.2 Å². The van der Waals surface area contributed by atoms with Crippen molar-refractivity contribution in [2.45, 2.75) is 38.9 Å². The van der Waals surface area contributed by atoms with Crippen LogP contribution in [0.2, 0.25) is 0 Å². The first-order valence-electron chi connectivity index (χ1n) is 8.00. The molecule has 2 rings (SSSR count). The Morgan fingerprint density at radius 2 is 2.00 bits per heavy atom. The topological polar surface area (TPSA) is 61.9 Å². The average molecular weight is 388 g/mol. The Morgan fingerprint density at radius 1 is 1.37 bits per heavy atom. The van der Waals surface area contributed by atoms with Gasteiger partial charge in [-0.05, 0) is 24.0 Å². The van der Waals surface area contributed by atoms with E-state index in [1.54, 1.807) is 19.9 Å². The summed E-state index contributed by atoms with van der Waals surface area (Å²) in [5.74, 6) is -1.38. The number of rotatable bonds is 4. The quantitative estimate of drug-likeness (QED) is 0.737. The van der Waals surface area contributed by atoms with Gasteiger partial charge in [0, 0.05) is 19.4 Å². The lowest BCUT2D eigenvalue weighted by molar-refractivity contribution is -0.167. The smallest absolute Gasteiger partial charge is 0.357 e. The maximum absolute atomic E-state index is 13.8. The Bertz CT molecular complexity index is 815. The molecule has 0 spiro atoms. The number of aromatic nitrogens is 2. The van der Waals surface area contributed by atoms with Gasteiger partial charge in [0.05, 0.1) is 16.8 Å². The van der Waals surface area contributed by atoms with Crippen LogP contribution in [0.25, 0.3) is 0 Å². The molecule has 1 aromatic heterocycles. The molecule has 0 N–H and O–H groups in total. The van der Waals surface area contributed by atoms with Crippen molar-refractivity contribution in [1.82, 2.24) is 14.7 Å². The van der Waals surface area contributed by atoms with Crippen molar-refractivity contribution in [3.63, 3.8) is 0 Å². The lowest BCUT2D eigenvalue weighted by atomic mass is 9.83. The third-order valence-corrected chi connectivity index (χ3v) is 4.11. The number of hydrogen-bond acceptors (Lipinski definition) is 4. The van der Waals surface area contributed by atoms with Crippen LogP contribution >= 0.6 is 0 Å². The maximum Gasteiger partial charge on any atom is 0.413 e. The molecule has 2 heterocycles. The van der Waals surface area contributed by atoms with E-state index in [4.69, 9.17) is 0 Å². The second kappa shape index (κ2) is 7.50. The third-order valence-electron chi connectivity index (χ3n) is 4.11. The summed E-state index contributed by atoms with van der Waals surface area (Å²) in [5, 5.41) is 13.1. The van der Waals surface area contributed by atoms with Crippen LogP contribution in [0.4, 0.5) is 22.0 Å². The highest BCUT2D eigenvalue weighted by atomic mass is 19.4. The molecule has 10 heteroatoms. The highest BCUT2D eigenvalue weighted by molar-refractivity contribution is 5.98. The van der Waals surface area contributed by atoms with E-state index >= 15 is 0 Å². The summed E-state index contributed by atoms with van der Waals surface area (Å²) < 4.78 is 69.2. The highest BCUT2D eigenvalue weighted by Gasteiger charge is 2.53. The predicted molar refractivity (Wildman–Crippen MR) is 85.6 cm³/mol. The van der Waals surface area contributed by atoms with Crippen molar-refractivity contribution in [3.05, 3.63) is 40.9 Å². The Labute approximate surface area is 152 Å². The van der Waals surface area contributed by atoms with Gasteiger partial charge in [-0.15, -0.1) is 0 Å². The molecule has 27 heavy (non-hydrogen) atoms. The molecule has 146 valence electrons. The highest BCUT2D eigenvalue weighted by Crippen LogP contribution is 2.43. The minimum absolute atomic E-state index is 0.137. The fourth-order valence-corrected chi connectivity index (χ4v) is 3.11. The first-order chi connectivity index (χ1) is 12.5. The molecule has 0 bridgehead atoms. The molecule has 1 unspecified atom stereocenters. The van der Waals surface area contributed by atoms with Crippen molar-refractivity contribution in [2.75, 3.05) is 7.05 Å². The number of allylic oxidation sites excluding steroid dienone is 3. The van der Waals surface area contributed by atoms with E-state index in [9.17, 15) is 32.0 Å². The van der Waals surface area contributed by atoms with E-state index in [0.29, 0.717) is 4.68 Å². The molecule has 1 atom stereocenters. The van der Waals surface area contributed by atoms with Crippen LogP contribution in [-0.4, -0.2) is 46.3 Å². The van der Waals surface area contributed by atoms with Gasteiger partial charge in [-0.25, -0.2) is 13.5 Å². The van der Waals surface area contributed by atoms with Crippen molar-refractivity contribution < 1.29 is 26.7 Å². The monoisotopic (exact) mass is 388 g/mol. The van der Waals surface area contributed by atoms with Crippen LogP contribution < -0.4 is 0 Å². The molecule has 0 aromatic carbocycles. The van der Waals surface area contributed by atoms with E-state index < -0.39 is 41.4 Å². The zero-order chi connectivity index (χ0) is 20.5. The lowest BCUT2D eigenvalue weighted by Crippen LogP contribution is -2.51. The van der Waals surface area contributed by atoms with Crippen LogP contribution in [0.15, 0.2) is 40.9 Å². The average Bonchev–Trinajstić information content (AvgIpc) is 3.07. The summed E-state index contributed by atoms with van der Waals surface area (Å²) in [6.45, 7) is 3.31. The summed E-state index contributed by atoms with van der Waals surface area (Å²) in [7, 11) is 0.805. The molecule has 0 saturated carbocycles. The van der Waals surface area contributed by atoms with Crippen molar-refractivity contribution in [2.24, 2.45) is 5.92 Å². The van der Waals surface area contributed by atoms with Gasteiger partial charge < -0.3 is 4.90 Å². The number of carbonyl (C=O) groups excluding carboxylic acids is 1. The lowest BCUT2D eigenvalue weighted by Gasteiger charge is -2.39. The molecule has 0 radical (unpaired) electrons. The summed E-state index contributed by atoms with van der Waals surface area (Å²) in [4.78, 5) is 13.1. The predicted octanol–water partition coefficient (Wildman–Crippen LogP) is 3.79. The van der Waals surface area contributed by atoms with Gasteiger partial charge in [0.1, 0.15) is 6.07 Å². The standard InChI is InChI=1S/C17H17F5N4O/c1-9(2)7-10-11(8-23)13(15(18)19)25(3)14(17(20,21)22)12(10)16(27)26-6-4-5-24-26/h4-6,9,14-15H,7H2,1-3H3. The number of nitriles is 1. The minimum atomic E-state index is -5.02. The largest absolute Gasteiger partial charge is 0.413 e. The molecule has 0 fully saturated rings. The van der Waals surface area contributed by atoms with Crippen LogP contribution in [-0.2, 0) is 0 Å². The van der Waals surface area contributed by atoms with Crippen LogP contribution in [0.5, 0.6) is 0 Å². The Hall–Kier alpha value is -2.70. The second-order valence-electron chi connectivity index (χ2n) is 6.47. The first-order valence-corrected chi connectivity index (χ1v) is 8.00. The fraction of sp³-hybridized carbons (Fsp3) is 0.471. The first kappa shape index (κ1) is 20.6. The number of halogens is 5. The van der Waals surface area contributed by atoms with Gasteiger partial charge in [0.15, 0.2) is 6.04 Å². The SMILES string of the molecule is CC(C)CC1=C(C(=O)n2cccn2)C(C(F)(F)F)N(C)C(C(F)F)=C1C#N. The van der Waals surface area contributed by atoms with E-state index in [1.807, 2.05) is 0 Å². The minimum Gasteiger partial charge on any atom is -0.357 e. The number of likely N-dealkylation sites (N-methyl/N-ethyl adjacent to an activating group) is 1. The number of nitrogens with zero attached hydrogens (tertiary/aromatic N) is 4. The molecule has 0 saturated heterocycles. The molecular formula is C17H17F5N4O. The van der Waals surface area contributed by atoms with E-state index in [1.165, 1.54) is 12.3 Å². The fourth-order valence-electron chi connectivity index (χ4n) is 3.11. The van der Waals surface area contributed by atoms with Gasteiger partial charge in [-0.2, -0.15) is 23.5 Å². The van der Waals surface area contributed by atoms with Crippen molar-refractivity contribution >= 4 is 5.91 Å². The summed E-state index contributed by atoms with van der Waals surface area (Å²) >= 11 is 0. The van der Waals surface area contributed by atoms with Crippen molar-refractivity contribution in [1.29, 1.82) is 5.26 Å². The Kier molecular flexibility index (Phi) is 5.73. The van der Waals surface area contributed by atoms with Gasteiger partial charge in [-0.1, -0.05) is 13.8 Å². The van der Waals surface area contributed by atoms with Gasteiger partial charge in [0.2, 0.25) is 0 Å². The van der Waals surface area contributed by atoms with Crippen molar-refractivity contribution in [3.8, 4) is 6.07 Å². The number of alkyl halides is 5. The van der Waals surface area contributed by atoms with Gasteiger partial charge in [0.25, 0.3) is 12.3 Å². The molecule has 1 aliphatic heterocycles. The second-order valence-corrected chi connectivity index (χ2v) is 6.47. The zero-order valence-electron chi connectivity index (χ0n) is 14.8. The molecule has 5 nitrogen and oxygen atoms in total. The molecule has 1 aromatic rings. The number of hydrogen-bond donors (Lipinski definition) is 0. The summed E-state index contributed by atoms with van der Waals surface area (Å²) in [5.41, 5.74) is -2.71. The molecule has 0 amide bonds. The van der Waals surface area contributed by atoms with Crippen LogP contribution in [0, 0.1) is 17.2 Å². The van der Waals surface area contributed by atoms with Crippen LogP contribution in [0.3, 0.4) is 0 Å². The Balaban J connectivity index is 2.87. The number of carbonyl (C=O) groups is 1. The van der Waals surface area contributed by atoms with E-state index in [-0.39, 0.29) is 22.8 Å². The summed E-state index contributed by atoms with van der Waals surface area (Å²) in [6.07, 6.45) is -6.09. The maximum atomic E-state index is 13.8. The molecule has 0 aliphatic carbocycles. The summed E-state index contributed by atoms with van der Waals surface area (Å²) in [6, 6.07) is 0.315. The molecule has 1 aliphatic rings. The third kappa shape index (κ3) is 3.86. The van der Waals surface area contributed by atoms with Gasteiger partial charge >= 0.3 is 6.18 Å².